The number of nitrogens with zero attached hydrogens (tertiary/aromatic N) is 1. The van der Waals surface area contributed by atoms with E-state index < -0.39 is 21.6 Å². The first-order chi connectivity index (χ1) is 9.29. The summed E-state index contributed by atoms with van der Waals surface area (Å²) in [6, 6.07) is 4.93. The van der Waals surface area contributed by atoms with Crippen LogP contribution in [-0.2, 0) is 15.6 Å². The highest BCUT2D eigenvalue weighted by molar-refractivity contribution is 7.90. The molecule has 0 fully saturated rings. The third-order valence-corrected chi connectivity index (χ3v) is 4.74. The molecule has 0 radical (unpaired) electrons. The molecule has 0 amide bonds. The fraction of sp³-hybridized carbons (Fsp3) is 0.0909. The summed E-state index contributed by atoms with van der Waals surface area (Å²) in [5.74, 6) is -1.90. The molecule has 0 aliphatic rings. The summed E-state index contributed by atoms with van der Waals surface area (Å²) in [6.07, 6.45) is 0. The van der Waals surface area contributed by atoms with E-state index in [4.69, 9.17) is 28.3 Å². The smallest absolute Gasteiger partial charge is 0.358 e. The van der Waals surface area contributed by atoms with Crippen LogP contribution in [0.15, 0.2) is 33.7 Å². The van der Waals surface area contributed by atoms with Crippen molar-refractivity contribution in [3.05, 3.63) is 45.8 Å². The normalized spacial score (nSPS) is 11.5. The average Bonchev–Trinajstić information content (AvgIpc) is 2.80. The van der Waals surface area contributed by atoms with Crippen LogP contribution in [0, 0.1) is 0 Å². The maximum absolute atomic E-state index is 12.1. The van der Waals surface area contributed by atoms with Gasteiger partial charge in [0.1, 0.15) is 5.75 Å². The maximum Gasteiger partial charge on any atom is 0.358 e. The van der Waals surface area contributed by atoms with Gasteiger partial charge in [-0.1, -0.05) is 28.4 Å². The molecule has 1 aromatic carbocycles. The number of aromatic carboxylic acids is 1. The van der Waals surface area contributed by atoms with Crippen LogP contribution in [0.5, 0.6) is 0 Å². The van der Waals surface area contributed by atoms with E-state index in [2.05, 4.69) is 9.68 Å². The first-order valence-corrected chi connectivity index (χ1v) is 7.57. The van der Waals surface area contributed by atoms with E-state index in [1.807, 2.05) is 0 Å². The number of carboxylic acid groups (broad SMARTS) is 1. The summed E-state index contributed by atoms with van der Waals surface area (Å²) in [4.78, 5) is 10.6. The van der Waals surface area contributed by atoms with E-state index in [0.29, 0.717) is 0 Å². The molecule has 1 heterocycles. The summed E-state index contributed by atoms with van der Waals surface area (Å²) in [5, 5.41) is 12.3. The van der Waals surface area contributed by atoms with Crippen molar-refractivity contribution in [2.75, 3.05) is 0 Å². The molecule has 106 valence electrons. The number of rotatable bonds is 4. The Morgan fingerprint density at radius 3 is 2.50 bits per heavy atom. The van der Waals surface area contributed by atoms with Gasteiger partial charge in [-0.25, -0.2) is 13.2 Å². The highest BCUT2D eigenvalue weighted by Crippen LogP contribution is 2.26. The quantitative estimate of drug-likeness (QED) is 0.922. The molecule has 9 heteroatoms. The Morgan fingerprint density at radius 2 is 1.95 bits per heavy atom. The van der Waals surface area contributed by atoms with Gasteiger partial charge in [-0.3, -0.25) is 0 Å². The summed E-state index contributed by atoms with van der Waals surface area (Å²) < 4.78 is 28.9. The Bertz CT molecular complexity index is 769. The van der Waals surface area contributed by atoms with Crippen LogP contribution in [0.4, 0.5) is 0 Å². The number of hydrogen-bond acceptors (Lipinski definition) is 5. The third kappa shape index (κ3) is 3.12. The molecule has 2 aromatic rings. The predicted molar refractivity (Wildman–Crippen MR) is 70.8 cm³/mol. The zero-order valence-electron chi connectivity index (χ0n) is 9.71. The molecule has 2 rings (SSSR count). The van der Waals surface area contributed by atoms with E-state index >= 15 is 0 Å². The summed E-state index contributed by atoms with van der Waals surface area (Å²) in [6.45, 7) is 0. The van der Waals surface area contributed by atoms with Crippen molar-refractivity contribution in [2.45, 2.75) is 10.6 Å². The maximum atomic E-state index is 12.1. The monoisotopic (exact) mass is 335 g/mol. The van der Waals surface area contributed by atoms with Gasteiger partial charge in [0.05, 0.1) is 14.9 Å². The van der Waals surface area contributed by atoms with Crippen molar-refractivity contribution < 1.29 is 22.8 Å². The van der Waals surface area contributed by atoms with Crippen molar-refractivity contribution in [1.29, 1.82) is 0 Å². The first kappa shape index (κ1) is 14.8. The number of benzene rings is 1. The lowest BCUT2D eigenvalue weighted by Gasteiger charge is -2.03. The highest BCUT2D eigenvalue weighted by atomic mass is 35.5. The molecular weight excluding hydrogens is 329 g/mol. The Morgan fingerprint density at radius 1 is 1.25 bits per heavy atom. The molecule has 0 spiro atoms. The largest absolute Gasteiger partial charge is 0.476 e. The number of halogens is 2. The van der Waals surface area contributed by atoms with Crippen LogP contribution >= 0.6 is 23.2 Å². The van der Waals surface area contributed by atoms with Crippen molar-refractivity contribution in [3.8, 4) is 0 Å². The van der Waals surface area contributed by atoms with Crippen molar-refractivity contribution in [3.63, 3.8) is 0 Å². The van der Waals surface area contributed by atoms with Crippen LogP contribution in [0.1, 0.15) is 16.2 Å². The summed E-state index contributed by atoms with van der Waals surface area (Å²) >= 11 is 11.5. The number of aromatic nitrogens is 1. The fourth-order valence-corrected chi connectivity index (χ4v) is 3.04. The molecule has 0 aliphatic heterocycles. The Hall–Kier alpha value is -1.57. The van der Waals surface area contributed by atoms with E-state index in [0.717, 1.165) is 6.07 Å². The van der Waals surface area contributed by atoms with Crippen LogP contribution < -0.4 is 0 Å². The Balaban J connectivity index is 2.30. The van der Waals surface area contributed by atoms with Gasteiger partial charge in [0.15, 0.2) is 21.3 Å². The minimum absolute atomic E-state index is 0.0415. The van der Waals surface area contributed by atoms with E-state index in [9.17, 15) is 13.2 Å². The lowest BCUT2D eigenvalue weighted by molar-refractivity contribution is 0.0685. The molecule has 0 atom stereocenters. The zero-order valence-corrected chi connectivity index (χ0v) is 12.0. The molecule has 1 aromatic heterocycles. The number of sulfone groups is 1. The van der Waals surface area contributed by atoms with Gasteiger partial charge in [-0.05, 0) is 18.2 Å². The van der Waals surface area contributed by atoms with Crippen LogP contribution in [0.25, 0.3) is 0 Å². The predicted octanol–water partition coefficient (Wildman–Crippen LogP) is 2.65. The zero-order chi connectivity index (χ0) is 14.9. The van der Waals surface area contributed by atoms with Gasteiger partial charge in [0.25, 0.3) is 0 Å². The molecule has 1 N–H and O–H groups in total. The van der Waals surface area contributed by atoms with Gasteiger partial charge in [0, 0.05) is 6.07 Å². The van der Waals surface area contributed by atoms with Crippen molar-refractivity contribution >= 4 is 39.0 Å². The fourth-order valence-electron chi connectivity index (χ4n) is 1.42. The first-order valence-electron chi connectivity index (χ1n) is 5.16. The number of hydrogen-bond donors (Lipinski definition) is 1. The lowest BCUT2D eigenvalue weighted by Crippen LogP contribution is -2.04. The molecule has 0 saturated heterocycles. The van der Waals surface area contributed by atoms with Gasteiger partial charge in [-0.15, -0.1) is 0 Å². The Labute approximate surface area is 123 Å². The Kier molecular flexibility index (Phi) is 4.03. The highest BCUT2D eigenvalue weighted by Gasteiger charge is 2.21. The molecule has 6 nitrogen and oxygen atoms in total. The van der Waals surface area contributed by atoms with Crippen molar-refractivity contribution in [1.82, 2.24) is 5.16 Å². The van der Waals surface area contributed by atoms with Crippen LogP contribution in [-0.4, -0.2) is 24.7 Å². The van der Waals surface area contributed by atoms with Gasteiger partial charge < -0.3 is 9.63 Å². The molecule has 0 unspecified atom stereocenters. The summed E-state index contributed by atoms with van der Waals surface area (Å²) in [5.41, 5.74) is -0.357. The minimum Gasteiger partial charge on any atom is -0.476 e. The van der Waals surface area contributed by atoms with Gasteiger partial charge in [0.2, 0.25) is 0 Å². The molecule has 0 aliphatic carbocycles. The molecule has 20 heavy (non-hydrogen) atoms. The number of carbonyl (C=O) groups is 1. The second-order valence-electron chi connectivity index (χ2n) is 3.82. The van der Waals surface area contributed by atoms with Crippen molar-refractivity contribution in [2.24, 2.45) is 0 Å². The summed E-state index contributed by atoms with van der Waals surface area (Å²) in [7, 11) is -3.73. The van der Waals surface area contributed by atoms with Crippen LogP contribution in [0.3, 0.4) is 0 Å². The molecule has 0 bridgehead atoms. The van der Waals surface area contributed by atoms with Gasteiger partial charge in [-0.2, -0.15) is 0 Å². The third-order valence-electron chi connectivity index (χ3n) is 2.36. The van der Waals surface area contributed by atoms with Gasteiger partial charge >= 0.3 is 5.97 Å². The topological polar surface area (TPSA) is 97.5 Å². The second kappa shape index (κ2) is 5.43. The minimum atomic E-state index is -3.73. The SMILES string of the molecule is O=C(O)c1cc(CS(=O)(=O)c2ccc(Cl)c(Cl)c2)on1. The molecular formula is C11H7Cl2NO5S. The number of carboxylic acids is 1. The standard InChI is InChI=1S/C11H7Cl2NO5S/c12-8-2-1-7(4-9(8)13)20(17,18)5-6-3-10(11(15)16)14-19-6/h1-4H,5H2,(H,15,16). The second-order valence-corrected chi connectivity index (χ2v) is 6.62. The molecule has 0 saturated carbocycles. The van der Waals surface area contributed by atoms with E-state index in [1.54, 1.807) is 0 Å². The van der Waals surface area contributed by atoms with Crippen LogP contribution in [0.2, 0.25) is 10.0 Å². The lowest BCUT2D eigenvalue weighted by atomic mass is 10.4. The average molecular weight is 336 g/mol. The van der Waals surface area contributed by atoms with E-state index in [-0.39, 0.29) is 26.4 Å². The van der Waals surface area contributed by atoms with E-state index in [1.165, 1.54) is 18.2 Å².